The lowest BCUT2D eigenvalue weighted by molar-refractivity contribution is -0.122. The highest BCUT2D eigenvalue weighted by Gasteiger charge is 2.13. The first-order valence-electron chi connectivity index (χ1n) is 4.99. The smallest absolute Gasteiger partial charge is 0.243 e. The number of amides is 1. The average molecular weight is 274 g/mol. The van der Waals surface area contributed by atoms with Gasteiger partial charge in [0, 0.05) is 18.8 Å². The lowest BCUT2D eigenvalue weighted by atomic mass is 10.5. The number of nitrogens with one attached hydrogen (secondary N) is 1. The molecule has 0 saturated carbocycles. The molecule has 1 aromatic heterocycles. The minimum absolute atomic E-state index is 0.0184. The number of primary amides is 1. The van der Waals surface area contributed by atoms with Crippen LogP contribution in [0.1, 0.15) is 0 Å². The lowest BCUT2D eigenvalue weighted by Crippen LogP contribution is -2.29. The second-order valence-electron chi connectivity index (χ2n) is 3.33. The molecule has 0 atom stereocenters. The van der Waals surface area contributed by atoms with E-state index in [1.54, 1.807) is 0 Å². The molecule has 0 spiro atoms. The summed E-state index contributed by atoms with van der Waals surface area (Å²) < 4.78 is 30.6. The van der Waals surface area contributed by atoms with Crippen molar-refractivity contribution in [2.75, 3.05) is 25.5 Å². The Labute approximate surface area is 104 Å². The van der Waals surface area contributed by atoms with Gasteiger partial charge < -0.3 is 16.2 Å². The molecule has 0 aliphatic rings. The zero-order valence-corrected chi connectivity index (χ0v) is 10.3. The summed E-state index contributed by atoms with van der Waals surface area (Å²) in [6, 6.07) is 2.57. The zero-order valence-electron chi connectivity index (χ0n) is 9.50. The highest BCUT2D eigenvalue weighted by Crippen LogP contribution is 2.09. The molecule has 5 N–H and O–H groups in total. The average Bonchev–Trinajstić information content (AvgIpc) is 2.28. The number of pyridine rings is 1. The molecule has 0 aliphatic carbocycles. The predicted molar refractivity (Wildman–Crippen MR) is 63.9 cm³/mol. The van der Waals surface area contributed by atoms with Gasteiger partial charge in [-0.05, 0) is 6.07 Å². The predicted octanol–water partition coefficient (Wildman–Crippen LogP) is -1.56. The first kappa shape index (κ1) is 14.4. The molecule has 1 heterocycles. The highest BCUT2D eigenvalue weighted by molar-refractivity contribution is 7.89. The molecule has 8 nitrogen and oxygen atoms in total. The topological polar surface area (TPSA) is 137 Å². The van der Waals surface area contributed by atoms with Crippen molar-refractivity contribution in [3.05, 3.63) is 18.3 Å². The van der Waals surface area contributed by atoms with Gasteiger partial charge in [0.15, 0.2) is 0 Å². The molecule has 0 fully saturated rings. The molecule has 18 heavy (non-hydrogen) atoms. The standard InChI is InChI=1S/C9H14N4O4S/c10-8-5-7(1-2-12-8)18(15,16)13-3-4-17-6-9(11)14/h1-2,5,13H,3-4,6H2,(H2,10,12)(H2,11,14). The van der Waals surface area contributed by atoms with Crippen LogP contribution in [-0.2, 0) is 19.6 Å². The van der Waals surface area contributed by atoms with Crippen LogP contribution < -0.4 is 16.2 Å². The fourth-order valence-corrected chi connectivity index (χ4v) is 2.13. The van der Waals surface area contributed by atoms with Crippen molar-refractivity contribution in [1.82, 2.24) is 9.71 Å². The number of hydrogen-bond acceptors (Lipinski definition) is 6. The van der Waals surface area contributed by atoms with E-state index in [1.165, 1.54) is 18.3 Å². The van der Waals surface area contributed by atoms with E-state index in [9.17, 15) is 13.2 Å². The molecule has 100 valence electrons. The van der Waals surface area contributed by atoms with E-state index in [0.29, 0.717) is 0 Å². The van der Waals surface area contributed by atoms with Gasteiger partial charge in [0.1, 0.15) is 12.4 Å². The third kappa shape index (κ3) is 4.65. The quantitative estimate of drug-likeness (QED) is 0.514. The molecule has 1 aromatic rings. The molecule has 1 rings (SSSR count). The Hall–Kier alpha value is -1.71. The van der Waals surface area contributed by atoms with Crippen molar-refractivity contribution in [2.45, 2.75) is 4.90 Å². The van der Waals surface area contributed by atoms with E-state index in [2.05, 4.69) is 9.71 Å². The zero-order chi connectivity index (χ0) is 13.6. The van der Waals surface area contributed by atoms with Crippen LogP contribution in [0.4, 0.5) is 5.82 Å². The molecular weight excluding hydrogens is 260 g/mol. The van der Waals surface area contributed by atoms with Crippen molar-refractivity contribution in [1.29, 1.82) is 0 Å². The Morgan fingerprint density at radius 2 is 2.22 bits per heavy atom. The van der Waals surface area contributed by atoms with E-state index >= 15 is 0 Å². The maximum Gasteiger partial charge on any atom is 0.243 e. The molecule has 9 heteroatoms. The van der Waals surface area contributed by atoms with Crippen LogP contribution in [-0.4, -0.2) is 39.1 Å². The first-order valence-corrected chi connectivity index (χ1v) is 6.47. The summed E-state index contributed by atoms with van der Waals surface area (Å²) in [5.74, 6) is -0.498. The third-order valence-corrected chi connectivity index (χ3v) is 3.30. The van der Waals surface area contributed by atoms with E-state index in [4.69, 9.17) is 16.2 Å². The number of anilines is 1. The number of nitrogens with zero attached hydrogens (tertiary/aromatic N) is 1. The van der Waals surface area contributed by atoms with Gasteiger partial charge in [-0.15, -0.1) is 0 Å². The fraction of sp³-hybridized carbons (Fsp3) is 0.333. The van der Waals surface area contributed by atoms with Crippen LogP contribution in [0.5, 0.6) is 0 Å². The molecule has 0 saturated heterocycles. The number of nitrogens with two attached hydrogens (primary N) is 2. The van der Waals surface area contributed by atoms with Gasteiger partial charge in [-0.25, -0.2) is 18.1 Å². The lowest BCUT2D eigenvalue weighted by Gasteiger charge is -2.07. The second-order valence-corrected chi connectivity index (χ2v) is 5.10. The number of ether oxygens (including phenoxy) is 1. The summed E-state index contributed by atoms with van der Waals surface area (Å²) in [6.07, 6.45) is 1.30. The number of hydrogen-bond donors (Lipinski definition) is 3. The van der Waals surface area contributed by atoms with Crippen LogP contribution >= 0.6 is 0 Å². The molecule has 0 radical (unpaired) electrons. The van der Waals surface area contributed by atoms with Gasteiger partial charge in [-0.3, -0.25) is 4.79 Å². The van der Waals surface area contributed by atoms with Crippen molar-refractivity contribution >= 4 is 21.7 Å². The van der Waals surface area contributed by atoms with Crippen LogP contribution in [0.25, 0.3) is 0 Å². The number of rotatable bonds is 7. The maximum atomic E-state index is 11.7. The Kier molecular flexibility index (Phi) is 5.01. The molecule has 0 aliphatic heterocycles. The van der Waals surface area contributed by atoms with Crippen LogP contribution in [0.15, 0.2) is 23.2 Å². The van der Waals surface area contributed by atoms with E-state index in [1.807, 2.05) is 0 Å². The van der Waals surface area contributed by atoms with Gasteiger partial charge in [0.2, 0.25) is 15.9 Å². The summed E-state index contributed by atoms with van der Waals surface area (Å²) in [7, 11) is -3.65. The SMILES string of the molecule is NC(=O)COCCNS(=O)(=O)c1ccnc(N)c1. The fourth-order valence-electron chi connectivity index (χ4n) is 1.10. The number of sulfonamides is 1. The largest absolute Gasteiger partial charge is 0.384 e. The van der Waals surface area contributed by atoms with Crippen LogP contribution in [0.3, 0.4) is 0 Å². The summed E-state index contributed by atoms with van der Waals surface area (Å²) in [4.78, 5) is 14.1. The van der Waals surface area contributed by atoms with Gasteiger partial charge in [0.05, 0.1) is 11.5 Å². The number of carbonyl (C=O) groups is 1. The molecular formula is C9H14N4O4S. The Bertz CT molecular complexity index is 517. The highest BCUT2D eigenvalue weighted by atomic mass is 32.2. The van der Waals surface area contributed by atoms with Gasteiger partial charge in [0.25, 0.3) is 0 Å². The Morgan fingerprint density at radius 3 is 2.83 bits per heavy atom. The number of carbonyl (C=O) groups excluding carboxylic acids is 1. The molecule has 0 bridgehead atoms. The minimum atomic E-state index is -3.65. The summed E-state index contributed by atoms with van der Waals surface area (Å²) in [5.41, 5.74) is 10.2. The van der Waals surface area contributed by atoms with Crippen LogP contribution in [0.2, 0.25) is 0 Å². The van der Waals surface area contributed by atoms with Crippen molar-refractivity contribution in [3.63, 3.8) is 0 Å². The van der Waals surface area contributed by atoms with Gasteiger partial charge in [-0.2, -0.15) is 0 Å². The van der Waals surface area contributed by atoms with E-state index in [-0.39, 0.29) is 30.5 Å². The third-order valence-electron chi connectivity index (χ3n) is 1.85. The summed E-state index contributed by atoms with van der Waals surface area (Å²) in [5, 5.41) is 0. The van der Waals surface area contributed by atoms with Gasteiger partial charge >= 0.3 is 0 Å². The first-order chi connectivity index (χ1) is 8.42. The van der Waals surface area contributed by atoms with Crippen molar-refractivity contribution in [2.24, 2.45) is 5.73 Å². The number of nitrogen functional groups attached to an aromatic ring is 1. The number of aromatic nitrogens is 1. The van der Waals surface area contributed by atoms with Crippen LogP contribution in [0, 0.1) is 0 Å². The van der Waals surface area contributed by atoms with Gasteiger partial charge in [-0.1, -0.05) is 0 Å². The minimum Gasteiger partial charge on any atom is -0.384 e. The monoisotopic (exact) mass is 274 g/mol. The van der Waals surface area contributed by atoms with E-state index < -0.39 is 15.9 Å². The Balaban J connectivity index is 2.48. The normalized spacial score (nSPS) is 11.3. The summed E-state index contributed by atoms with van der Waals surface area (Å²) in [6.45, 7) is -0.176. The molecule has 0 aromatic carbocycles. The molecule has 1 amide bonds. The Morgan fingerprint density at radius 1 is 1.50 bits per heavy atom. The van der Waals surface area contributed by atoms with E-state index in [0.717, 1.165) is 0 Å². The van der Waals surface area contributed by atoms with Crippen molar-refractivity contribution < 1.29 is 17.9 Å². The summed E-state index contributed by atoms with van der Waals surface area (Å²) >= 11 is 0. The molecule has 0 unspecified atom stereocenters. The van der Waals surface area contributed by atoms with Crippen molar-refractivity contribution in [3.8, 4) is 0 Å². The second kappa shape index (κ2) is 6.28. The maximum absolute atomic E-state index is 11.7.